The first-order valence-corrected chi connectivity index (χ1v) is 6.06. The van der Waals surface area contributed by atoms with Crippen molar-refractivity contribution in [3.8, 4) is 17.2 Å². The van der Waals surface area contributed by atoms with Gasteiger partial charge in [-0.1, -0.05) is 42.8 Å². The van der Waals surface area contributed by atoms with Crippen molar-refractivity contribution in [3.05, 3.63) is 53.6 Å². The molecule has 0 aromatic heterocycles. The maximum atomic E-state index is 5.78. The van der Waals surface area contributed by atoms with Gasteiger partial charge in [-0.2, -0.15) is 0 Å². The van der Waals surface area contributed by atoms with Crippen molar-refractivity contribution < 1.29 is 31.2 Å². The second-order valence-corrected chi connectivity index (χ2v) is 4.12. The second kappa shape index (κ2) is 9.92. The summed E-state index contributed by atoms with van der Waals surface area (Å²) in [5.41, 5.74) is 1.99. The predicted molar refractivity (Wildman–Crippen MR) is 79.6 cm³/mol. The van der Waals surface area contributed by atoms with E-state index in [1.807, 2.05) is 37.3 Å². The fourth-order valence-corrected chi connectivity index (χ4v) is 1.90. The van der Waals surface area contributed by atoms with Crippen LogP contribution in [0.15, 0.2) is 36.4 Å². The first-order chi connectivity index (χ1) is 9.26. The van der Waals surface area contributed by atoms with Crippen molar-refractivity contribution >= 4 is 23.1 Å². The number of methoxy groups -OCH3 is 2. The van der Waals surface area contributed by atoms with Gasteiger partial charge >= 0.3 is 23.1 Å². The van der Waals surface area contributed by atoms with Gasteiger partial charge < -0.3 is 31.2 Å². The molecule has 0 aliphatic rings. The predicted octanol–water partition coefficient (Wildman–Crippen LogP) is 0.0146. The van der Waals surface area contributed by atoms with E-state index in [0.717, 1.165) is 11.1 Å². The Morgan fingerprint density at radius 1 is 1.05 bits per heavy atom. The third-order valence-electron chi connectivity index (χ3n) is 2.88. The largest absolute Gasteiger partial charge is 2.00 e. The Morgan fingerprint density at radius 2 is 1.71 bits per heavy atom. The maximum Gasteiger partial charge on any atom is 2.00 e. The molecular weight excluding hydrogens is 344 g/mol. The number of rotatable bonds is 5. The van der Waals surface area contributed by atoms with Crippen molar-refractivity contribution in [1.29, 1.82) is 0 Å². The molecule has 0 aliphatic heterocycles. The van der Waals surface area contributed by atoms with E-state index in [-0.39, 0.29) is 40.0 Å². The summed E-state index contributed by atoms with van der Waals surface area (Å²) in [5.74, 6) is 2.03. The first kappa shape index (κ1) is 20.1. The van der Waals surface area contributed by atoms with E-state index in [1.165, 1.54) is 0 Å². The Balaban J connectivity index is 0.00000200. The van der Waals surface area contributed by atoms with Gasteiger partial charge in [0.15, 0.2) is 0 Å². The summed E-state index contributed by atoms with van der Waals surface area (Å²) in [6.07, 6.45) is 0. The summed E-state index contributed by atoms with van der Waals surface area (Å²) in [5, 5.41) is 0. The maximum absolute atomic E-state index is 5.78. The molecule has 2 rings (SSSR count). The van der Waals surface area contributed by atoms with E-state index in [9.17, 15) is 0 Å². The Morgan fingerprint density at radius 3 is 2.29 bits per heavy atom. The van der Waals surface area contributed by atoms with Gasteiger partial charge in [-0.3, -0.25) is 0 Å². The van der Waals surface area contributed by atoms with E-state index in [0.29, 0.717) is 23.9 Å². The molecule has 0 bridgehead atoms. The van der Waals surface area contributed by atoms with E-state index >= 15 is 0 Å². The van der Waals surface area contributed by atoms with Crippen LogP contribution in [0.5, 0.6) is 17.2 Å². The summed E-state index contributed by atoms with van der Waals surface area (Å²) in [6, 6.07) is 14.8. The standard InChI is InChI=1S/C16H17O3.BrH.Mg/c1-12-14(17-2)9-10-15(16(12)18-3)19-11-13-7-5-4-6-8-13;;/h4-8,10H,11H2,1-3H3;1H;/q-1;;+2/p-1. The molecule has 0 amide bonds. The fourth-order valence-electron chi connectivity index (χ4n) is 1.90. The quantitative estimate of drug-likeness (QED) is 0.555. The Bertz CT molecular complexity index is 547. The van der Waals surface area contributed by atoms with Crippen molar-refractivity contribution in [1.82, 2.24) is 0 Å². The Hall–Kier alpha value is -0.914. The minimum atomic E-state index is 0. The molecule has 0 aliphatic carbocycles. The van der Waals surface area contributed by atoms with Crippen molar-refractivity contribution in [2.24, 2.45) is 0 Å². The molecule has 0 saturated carbocycles. The van der Waals surface area contributed by atoms with Gasteiger partial charge in [-0.15, -0.1) is 12.1 Å². The smallest absolute Gasteiger partial charge is 1.00 e. The SMILES string of the molecule is COc1[c-]cc(OCc2ccccc2)c(OC)c1C.[Br-].[Mg+2]. The van der Waals surface area contributed by atoms with Crippen LogP contribution in [-0.2, 0) is 6.61 Å². The summed E-state index contributed by atoms with van der Waals surface area (Å²) >= 11 is 0. The minimum Gasteiger partial charge on any atom is -1.00 e. The molecule has 0 saturated heterocycles. The molecule has 2 aromatic carbocycles. The average molecular weight is 362 g/mol. The number of halogens is 1. The topological polar surface area (TPSA) is 27.7 Å². The van der Waals surface area contributed by atoms with Gasteiger partial charge in [0.05, 0.1) is 26.6 Å². The Labute approximate surface area is 152 Å². The van der Waals surface area contributed by atoms with E-state index in [4.69, 9.17) is 14.2 Å². The third kappa shape index (κ3) is 5.09. The molecule has 0 fully saturated rings. The van der Waals surface area contributed by atoms with E-state index in [1.54, 1.807) is 20.3 Å². The van der Waals surface area contributed by atoms with Crippen LogP contribution in [0.1, 0.15) is 11.1 Å². The second-order valence-electron chi connectivity index (χ2n) is 4.12. The van der Waals surface area contributed by atoms with Crippen LogP contribution in [0.25, 0.3) is 0 Å². The number of hydrogen-bond donors (Lipinski definition) is 0. The van der Waals surface area contributed by atoms with Crippen molar-refractivity contribution in [2.75, 3.05) is 14.2 Å². The molecule has 108 valence electrons. The van der Waals surface area contributed by atoms with Crippen LogP contribution < -0.4 is 31.2 Å². The van der Waals surface area contributed by atoms with Crippen LogP contribution in [0.2, 0.25) is 0 Å². The number of hydrogen-bond acceptors (Lipinski definition) is 3. The van der Waals surface area contributed by atoms with Gasteiger partial charge in [0.1, 0.15) is 0 Å². The van der Waals surface area contributed by atoms with Crippen molar-refractivity contribution in [2.45, 2.75) is 13.5 Å². The summed E-state index contributed by atoms with van der Waals surface area (Å²) < 4.78 is 16.4. The zero-order chi connectivity index (χ0) is 13.7. The van der Waals surface area contributed by atoms with Gasteiger partial charge in [0.25, 0.3) is 0 Å². The molecule has 5 heteroatoms. The van der Waals surface area contributed by atoms with E-state index in [2.05, 4.69) is 6.07 Å². The number of ether oxygens (including phenoxy) is 3. The molecule has 0 N–H and O–H groups in total. The molecule has 0 atom stereocenters. The van der Waals surface area contributed by atoms with E-state index < -0.39 is 0 Å². The first-order valence-electron chi connectivity index (χ1n) is 6.06. The molecule has 3 nitrogen and oxygen atoms in total. The third-order valence-corrected chi connectivity index (χ3v) is 2.88. The van der Waals surface area contributed by atoms with Crippen LogP contribution in [0.3, 0.4) is 0 Å². The molecule has 0 radical (unpaired) electrons. The molecular formula is C16H17BrMgO3. The zero-order valence-electron chi connectivity index (χ0n) is 12.5. The minimum absolute atomic E-state index is 0. The molecule has 2 aromatic rings. The van der Waals surface area contributed by atoms with Crippen LogP contribution in [-0.4, -0.2) is 37.3 Å². The summed E-state index contributed by atoms with van der Waals surface area (Å²) in [4.78, 5) is 0. The summed E-state index contributed by atoms with van der Waals surface area (Å²) in [6.45, 7) is 2.42. The molecule has 0 unspecified atom stereocenters. The van der Waals surface area contributed by atoms with Crippen LogP contribution in [0, 0.1) is 13.0 Å². The Kier molecular flexibility index (Phi) is 9.49. The average Bonchev–Trinajstić information content (AvgIpc) is 2.46. The monoisotopic (exact) mass is 360 g/mol. The normalized spacial score (nSPS) is 9.10. The van der Waals surface area contributed by atoms with Gasteiger partial charge in [-0.05, 0) is 5.56 Å². The van der Waals surface area contributed by atoms with Gasteiger partial charge in [0, 0.05) is 11.5 Å². The molecule has 0 heterocycles. The van der Waals surface area contributed by atoms with Crippen LogP contribution in [0.4, 0.5) is 0 Å². The van der Waals surface area contributed by atoms with Crippen molar-refractivity contribution in [3.63, 3.8) is 0 Å². The van der Waals surface area contributed by atoms with Gasteiger partial charge in [0.2, 0.25) is 0 Å². The molecule has 0 spiro atoms. The summed E-state index contributed by atoms with van der Waals surface area (Å²) in [7, 11) is 3.24. The molecule has 21 heavy (non-hydrogen) atoms. The fraction of sp³-hybridized carbons (Fsp3) is 0.250. The van der Waals surface area contributed by atoms with Gasteiger partial charge in [-0.25, -0.2) is 0 Å². The number of benzene rings is 2. The zero-order valence-corrected chi connectivity index (χ0v) is 15.5. The van der Waals surface area contributed by atoms with Crippen LogP contribution >= 0.6 is 0 Å².